The minimum absolute atomic E-state index is 0.151. The minimum atomic E-state index is -1.06. The van der Waals surface area contributed by atoms with Gasteiger partial charge in [-0.05, 0) is 30.5 Å². The van der Waals surface area contributed by atoms with Crippen molar-refractivity contribution in [1.29, 1.82) is 0 Å². The van der Waals surface area contributed by atoms with Crippen LogP contribution >= 0.6 is 0 Å². The molecule has 1 rings (SSSR count). The van der Waals surface area contributed by atoms with E-state index in [0.717, 1.165) is 0 Å². The lowest BCUT2D eigenvalue weighted by Crippen LogP contribution is -2.41. The van der Waals surface area contributed by atoms with Crippen LogP contribution in [0.1, 0.15) is 30.6 Å². The van der Waals surface area contributed by atoms with Crippen molar-refractivity contribution < 1.29 is 24.2 Å². The number of carbonyl (C=O) groups is 2. The molecule has 6 nitrogen and oxygen atoms in total. The van der Waals surface area contributed by atoms with E-state index >= 15 is 0 Å². The molecule has 1 aromatic carbocycles. The predicted molar refractivity (Wildman–Crippen MR) is 77.9 cm³/mol. The molecule has 0 aliphatic rings. The van der Waals surface area contributed by atoms with Crippen LogP contribution in [0.5, 0.6) is 11.5 Å². The quantitative estimate of drug-likeness (QED) is 0.803. The van der Waals surface area contributed by atoms with Crippen molar-refractivity contribution in [1.82, 2.24) is 5.32 Å². The maximum Gasteiger partial charge on any atom is 0.326 e. The number of ether oxygens (including phenoxy) is 2. The number of methoxy groups -OCH3 is 2. The van der Waals surface area contributed by atoms with Gasteiger partial charge in [0.15, 0.2) is 0 Å². The van der Waals surface area contributed by atoms with Crippen molar-refractivity contribution in [2.45, 2.75) is 26.3 Å². The molecule has 0 unspecified atom stereocenters. The number of amides is 1. The molecule has 0 saturated heterocycles. The summed E-state index contributed by atoms with van der Waals surface area (Å²) in [5.74, 6) is -0.546. The molecule has 0 heterocycles. The van der Waals surface area contributed by atoms with Crippen LogP contribution in [0.4, 0.5) is 0 Å². The van der Waals surface area contributed by atoms with E-state index in [-0.39, 0.29) is 11.5 Å². The van der Waals surface area contributed by atoms with Crippen LogP contribution in [0.25, 0.3) is 0 Å². The maximum atomic E-state index is 12.3. The molecule has 6 heteroatoms. The normalized spacial score (nSPS) is 11.9. The van der Waals surface area contributed by atoms with Crippen molar-refractivity contribution in [2.24, 2.45) is 5.92 Å². The Morgan fingerprint density at radius 3 is 2.38 bits per heavy atom. The second kappa shape index (κ2) is 7.52. The Labute approximate surface area is 124 Å². The van der Waals surface area contributed by atoms with Gasteiger partial charge in [0.1, 0.15) is 17.5 Å². The third-order valence-corrected chi connectivity index (χ3v) is 2.96. The zero-order valence-corrected chi connectivity index (χ0v) is 12.7. The number of carboxylic acids is 1. The average Bonchev–Trinajstić information content (AvgIpc) is 2.45. The van der Waals surface area contributed by atoms with E-state index in [9.17, 15) is 14.7 Å². The molecule has 0 fully saturated rings. The SMILES string of the molecule is COc1ccc(OC)c(C(=O)N[C@H](CC(C)C)C(=O)O)c1. The van der Waals surface area contributed by atoms with E-state index in [1.165, 1.54) is 20.3 Å². The third-order valence-electron chi connectivity index (χ3n) is 2.96. The van der Waals surface area contributed by atoms with Gasteiger partial charge >= 0.3 is 5.97 Å². The first-order valence-electron chi connectivity index (χ1n) is 6.64. The number of aliphatic carboxylic acids is 1. The molecule has 2 N–H and O–H groups in total. The highest BCUT2D eigenvalue weighted by Crippen LogP contribution is 2.24. The number of nitrogens with one attached hydrogen (secondary N) is 1. The second-order valence-electron chi connectivity index (χ2n) is 5.06. The summed E-state index contributed by atoms with van der Waals surface area (Å²) in [4.78, 5) is 23.5. The first-order chi connectivity index (χ1) is 9.88. The van der Waals surface area contributed by atoms with Gasteiger partial charge in [-0.1, -0.05) is 13.8 Å². The summed E-state index contributed by atoms with van der Waals surface area (Å²) in [5, 5.41) is 11.7. The summed E-state index contributed by atoms with van der Waals surface area (Å²) < 4.78 is 10.2. The molecule has 21 heavy (non-hydrogen) atoms. The van der Waals surface area contributed by atoms with Gasteiger partial charge in [-0.2, -0.15) is 0 Å². The molecule has 1 atom stereocenters. The lowest BCUT2D eigenvalue weighted by atomic mass is 10.0. The lowest BCUT2D eigenvalue weighted by molar-refractivity contribution is -0.139. The highest BCUT2D eigenvalue weighted by Gasteiger charge is 2.23. The van der Waals surface area contributed by atoms with Crippen LogP contribution in [-0.4, -0.2) is 37.2 Å². The summed E-state index contributed by atoms with van der Waals surface area (Å²) >= 11 is 0. The van der Waals surface area contributed by atoms with Gasteiger partial charge in [0.25, 0.3) is 5.91 Å². The predicted octanol–water partition coefficient (Wildman–Crippen LogP) is 1.93. The van der Waals surface area contributed by atoms with E-state index in [2.05, 4.69) is 5.32 Å². The summed E-state index contributed by atoms with van der Waals surface area (Å²) in [7, 11) is 2.93. The molecule has 1 amide bonds. The van der Waals surface area contributed by atoms with Gasteiger partial charge in [0.05, 0.1) is 19.8 Å². The van der Waals surface area contributed by atoms with Crippen molar-refractivity contribution in [3.05, 3.63) is 23.8 Å². The fourth-order valence-corrected chi connectivity index (χ4v) is 1.92. The number of rotatable bonds is 7. The smallest absolute Gasteiger partial charge is 0.326 e. The van der Waals surface area contributed by atoms with E-state index in [4.69, 9.17) is 9.47 Å². The van der Waals surface area contributed by atoms with Gasteiger partial charge in [0, 0.05) is 0 Å². The average molecular weight is 295 g/mol. The largest absolute Gasteiger partial charge is 0.497 e. The Hall–Kier alpha value is -2.24. The van der Waals surface area contributed by atoms with Gasteiger partial charge in [-0.3, -0.25) is 4.79 Å². The van der Waals surface area contributed by atoms with E-state index in [1.54, 1.807) is 12.1 Å². The minimum Gasteiger partial charge on any atom is -0.497 e. The van der Waals surface area contributed by atoms with Crippen LogP contribution in [0.3, 0.4) is 0 Å². The monoisotopic (exact) mass is 295 g/mol. The molecule has 0 aliphatic heterocycles. The first kappa shape index (κ1) is 16.8. The summed E-state index contributed by atoms with van der Waals surface area (Å²) in [5.41, 5.74) is 0.242. The van der Waals surface area contributed by atoms with Crippen LogP contribution < -0.4 is 14.8 Å². The van der Waals surface area contributed by atoms with Crippen LogP contribution in [0.15, 0.2) is 18.2 Å². The van der Waals surface area contributed by atoms with Crippen LogP contribution in [-0.2, 0) is 4.79 Å². The summed E-state index contributed by atoms with van der Waals surface area (Å²) in [6.45, 7) is 3.79. The zero-order chi connectivity index (χ0) is 16.0. The number of carbonyl (C=O) groups excluding carboxylic acids is 1. The maximum absolute atomic E-state index is 12.3. The Kier molecular flexibility index (Phi) is 6.02. The van der Waals surface area contributed by atoms with Crippen LogP contribution in [0.2, 0.25) is 0 Å². The molecule has 0 spiro atoms. The lowest BCUT2D eigenvalue weighted by Gasteiger charge is -2.17. The molecular weight excluding hydrogens is 274 g/mol. The van der Waals surface area contributed by atoms with Gasteiger partial charge in [-0.15, -0.1) is 0 Å². The molecule has 0 bridgehead atoms. The molecule has 1 aromatic rings. The Balaban J connectivity index is 2.98. The standard InChI is InChI=1S/C15H21NO5/c1-9(2)7-12(15(18)19)16-14(17)11-8-10(20-3)5-6-13(11)21-4/h5-6,8-9,12H,7H2,1-4H3,(H,16,17)(H,18,19)/t12-/m1/s1. The van der Waals surface area contributed by atoms with E-state index < -0.39 is 17.9 Å². The fraction of sp³-hybridized carbons (Fsp3) is 0.467. The molecule has 0 aliphatic carbocycles. The van der Waals surface area contributed by atoms with Crippen molar-refractivity contribution in [2.75, 3.05) is 14.2 Å². The van der Waals surface area contributed by atoms with Crippen LogP contribution in [0, 0.1) is 5.92 Å². The van der Waals surface area contributed by atoms with Gasteiger partial charge < -0.3 is 19.9 Å². The number of carboxylic acid groups (broad SMARTS) is 1. The molecule has 116 valence electrons. The number of hydrogen-bond acceptors (Lipinski definition) is 4. The molecular formula is C15H21NO5. The number of hydrogen-bond donors (Lipinski definition) is 2. The topological polar surface area (TPSA) is 84.9 Å². The number of benzene rings is 1. The molecule has 0 aromatic heterocycles. The van der Waals surface area contributed by atoms with E-state index in [0.29, 0.717) is 17.9 Å². The highest BCUT2D eigenvalue weighted by molar-refractivity contribution is 5.99. The summed E-state index contributed by atoms with van der Waals surface area (Å²) in [6.07, 6.45) is 0.355. The zero-order valence-electron chi connectivity index (χ0n) is 12.7. The Morgan fingerprint density at radius 2 is 1.90 bits per heavy atom. The van der Waals surface area contributed by atoms with Crippen molar-refractivity contribution in [3.63, 3.8) is 0 Å². The Morgan fingerprint density at radius 1 is 1.24 bits per heavy atom. The van der Waals surface area contributed by atoms with E-state index in [1.807, 2.05) is 13.8 Å². The molecule has 0 saturated carbocycles. The Bertz CT molecular complexity index is 513. The fourth-order valence-electron chi connectivity index (χ4n) is 1.92. The van der Waals surface area contributed by atoms with Crippen molar-refractivity contribution >= 4 is 11.9 Å². The van der Waals surface area contributed by atoms with Gasteiger partial charge in [-0.25, -0.2) is 4.79 Å². The third kappa shape index (κ3) is 4.66. The van der Waals surface area contributed by atoms with Crippen molar-refractivity contribution in [3.8, 4) is 11.5 Å². The second-order valence-corrected chi connectivity index (χ2v) is 5.06. The van der Waals surface area contributed by atoms with Gasteiger partial charge in [0.2, 0.25) is 0 Å². The summed E-state index contributed by atoms with van der Waals surface area (Å²) in [6, 6.07) is 3.85. The molecule has 0 radical (unpaired) electrons. The highest BCUT2D eigenvalue weighted by atomic mass is 16.5. The first-order valence-corrected chi connectivity index (χ1v) is 6.64.